The Kier molecular flexibility index (Phi) is 9.45. The highest BCUT2D eigenvalue weighted by Crippen LogP contribution is 2.29. The minimum absolute atomic E-state index is 0.00437. The molecule has 0 bridgehead atoms. The van der Waals surface area contributed by atoms with Crippen LogP contribution in [0.15, 0.2) is 54.6 Å². The molecule has 0 saturated heterocycles. The van der Waals surface area contributed by atoms with E-state index in [4.69, 9.17) is 9.47 Å². The molecule has 1 aliphatic carbocycles. The van der Waals surface area contributed by atoms with Crippen molar-refractivity contribution < 1.29 is 37.8 Å². The number of aromatic nitrogens is 1. The molecule has 1 aliphatic rings. The number of esters is 1. The Hall–Kier alpha value is -5.00. The molecule has 2 N–H and O–H groups in total. The van der Waals surface area contributed by atoms with Crippen LogP contribution in [0.5, 0.6) is 0 Å². The summed E-state index contributed by atoms with van der Waals surface area (Å²) in [6.07, 6.45) is -0.821. The van der Waals surface area contributed by atoms with Gasteiger partial charge in [0.05, 0.1) is 30.1 Å². The van der Waals surface area contributed by atoms with Gasteiger partial charge in [-0.2, -0.15) is 0 Å². The summed E-state index contributed by atoms with van der Waals surface area (Å²) in [7, 11) is 1.18. The van der Waals surface area contributed by atoms with Crippen LogP contribution >= 0.6 is 0 Å². The van der Waals surface area contributed by atoms with Crippen molar-refractivity contribution in [2.75, 3.05) is 17.7 Å². The number of nitrogens with zero attached hydrogens (tertiary/aromatic N) is 2. The molecule has 0 fully saturated rings. The maximum absolute atomic E-state index is 15.0. The van der Waals surface area contributed by atoms with Crippen LogP contribution in [0.2, 0.25) is 0 Å². The Morgan fingerprint density at radius 3 is 2.07 bits per heavy atom. The number of hydrogen-bond acceptors (Lipinski definition) is 9. The van der Waals surface area contributed by atoms with Gasteiger partial charge in [-0.25, -0.2) is 28.7 Å². The highest BCUT2D eigenvalue weighted by molar-refractivity contribution is 6.03. The summed E-state index contributed by atoms with van der Waals surface area (Å²) in [6, 6.07) is 13.4. The third-order valence-electron chi connectivity index (χ3n) is 6.55. The van der Waals surface area contributed by atoms with Crippen LogP contribution in [0.25, 0.3) is 0 Å². The normalized spacial score (nSPS) is 13.0. The van der Waals surface area contributed by atoms with Gasteiger partial charge in [0.1, 0.15) is 28.5 Å². The van der Waals surface area contributed by atoms with Gasteiger partial charge in [-0.15, -0.1) is 0 Å². The van der Waals surface area contributed by atoms with E-state index in [0.717, 1.165) is 22.1 Å². The fraction of sp³-hybridized carbons (Fsp3) is 0.364. The van der Waals surface area contributed by atoms with Gasteiger partial charge in [-0.05, 0) is 89.8 Å². The van der Waals surface area contributed by atoms with Crippen LogP contribution < -0.4 is 10.6 Å². The van der Waals surface area contributed by atoms with Gasteiger partial charge in [0.15, 0.2) is 0 Å². The molecule has 4 rings (SSSR count). The number of carbonyl (C=O) groups is 4. The summed E-state index contributed by atoms with van der Waals surface area (Å²) in [5.74, 6) is -2.32. The van der Waals surface area contributed by atoms with Gasteiger partial charge in [0, 0.05) is 6.07 Å². The first-order chi connectivity index (χ1) is 21.0. The van der Waals surface area contributed by atoms with Gasteiger partial charge < -0.3 is 19.5 Å². The van der Waals surface area contributed by atoms with Crippen molar-refractivity contribution in [3.05, 3.63) is 82.8 Å². The number of ether oxygens (including phenoxy) is 3. The number of halogens is 1. The second kappa shape index (κ2) is 12.9. The highest BCUT2D eigenvalue weighted by Gasteiger charge is 2.38. The number of rotatable bonds is 6. The smallest absolute Gasteiger partial charge is 0.417 e. The minimum Gasteiger partial charge on any atom is -0.465 e. The van der Waals surface area contributed by atoms with E-state index in [1.807, 2.05) is 24.3 Å². The molecule has 0 atom stereocenters. The van der Waals surface area contributed by atoms with Crippen LogP contribution in [-0.4, -0.2) is 58.3 Å². The number of carbonyl (C=O) groups excluding carboxylic acids is 4. The van der Waals surface area contributed by atoms with E-state index in [1.54, 1.807) is 41.5 Å². The highest BCUT2D eigenvalue weighted by atomic mass is 19.1. The van der Waals surface area contributed by atoms with E-state index in [9.17, 15) is 23.6 Å². The first-order valence-electron chi connectivity index (χ1n) is 14.3. The number of fused-ring (bicyclic) bond motifs is 1. The summed E-state index contributed by atoms with van der Waals surface area (Å²) >= 11 is 0. The molecule has 45 heavy (non-hydrogen) atoms. The quantitative estimate of drug-likeness (QED) is 0.229. The largest absolute Gasteiger partial charge is 0.465 e. The first-order valence-corrected chi connectivity index (χ1v) is 14.3. The molecule has 0 saturated carbocycles. The van der Waals surface area contributed by atoms with Gasteiger partial charge in [0.2, 0.25) is 0 Å². The molecule has 1 heterocycles. The van der Waals surface area contributed by atoms with Crippen molar-refractivity contribution in [2.45, 2.75) is 71.6 Å². The molecule has 11 nitrogen and oxygen atoms in total. The standard InChI is InChI=1S/C33H37FN4O7/c1-32(2,3)44-30(41)35-22-17-26(37-27(18-22)36-25-13-12-21(16-24(25)34)29(40)43-7)28(39)38(31(42)45-33(4,5)6)23-14-19-10-8-9-11-20(19)15-23/h8-13,16-18,23H,14-15H2,1-7H3,(H2,35,36,37,41). The summed E-state index contributed by atoms with van der Waals surface area (Å²) in [5, 5.41) is 5.36. The number of hydrogen-bond donors (Lipinski definition) is 2. The summed E-state index contributed by atoms with van der Waals surface area (Å²) in [5.41, 5.74) is 0.0981. The maximum Gasteiger partial charge on any atom is 0.417 e. The van der Waals surface area contributed by atoms with E-state index in [0.29, 0.717) is 12.8 Å². The Morgan fingerprint density at radius 1 is 0.889 bits per heavy atom. The lowest BCUT2D eigenvalue weighted by Gasteiger charge is -2.30. The van der Waals surface area contributed by atoms with Crippen molar-refractivity contribution in [2.24, 2.45) is 0 Å². The van der Waals surface area contributed by atoms with Gasteiger partial charge in [-0.1, -0.05) is 24.3 Å². The van der Waals surface area contributed by atoms with E-state index < -0.39 is 47.1 Å². The SMILES string of the molecule is COC(=O)c1ccc(Nc2cc(NC(=O)OC(C)(C)C)cc(C(=O)N(C(=O)OC(C)(C)C)C3Cc4ccccc4C3)n2)c(F)c1. The zero-order chi connectivity index (χ0) is 33.1. The molecule has 0 spiro atoms. The molecular formula is C33H37FN4O7. The van der Waals surface area contributed by atoms with Crippen LogP contribution in [0.4, 0.5) is 31.2 Å². The van der Waals surface area contributed by atoms with Crippen LogP contribution in [0, 0.1) is 5.82 Å². The number of methoxy groups -OCH3 is 1. The Morgan fingerprint density at radius 2 is 1.51 bits per heavy atom. The lowest BCUT2D eigenvalue weighted by molar-refractivity contribution is 0.0169. The number of imide groups is 1. The van der Waals surface area contributed by atoms with E-state index in [1.165, 1.54) is 31.4 Å². The maximum atomic E-state index is 15.0. The Balaban J connectivity index is 1.74. The molecule has 238 valence electrons. The van der Waals surface area contributed by atoms with E-state index >= 15 is 0 Å². The second-order valence-corrected chi connectivity index (χ2v) is 12.6. The monoisotopic (exact) mass is 620 g/mol. The van der Waals surface area contributed by atoms with Crippen molar-refractivity contribution in [1.29, 1.82) is 0 Å². The van der Waals surface area contributed by atoms with Crippen LogP contribution in [0.3, 0.4) is 0 Å². The number of anilines is 3. The molecule has 3 aromatic rings. The average Bonchev–Trinajstić information content (AvgIpc) is 3.35. The molecule has 2 aromatic carbocycles. The lowest BCUT2D eigenvalue weighted by atomic mass is 10.1. The van der Waals surface area contributed by atoms with Crippen molar-refractivity contribution in [3.8, 4) is 0 Å². The van der Waals surface area contributed by atoms with E-state index in [-0.39, 0.29) is 28.5 Å². The number of nitrogens with one attached hydrogen (secondary N) is 2. The summed E-state index contributed by atoms with van der Waals surface area (Å²) in [6.45, 7) is 10.2. The number of amides is 3. The molecule has 0 radical (unpaired) electrons. The third-order valence-corrected chi connectivity index (χ3v) is 6.55. The van der Waals surface area contributed by atoms with Crippen molar-refractivity contribution in [1.82, 2.24) is 9.88 Å². The topological polar surface area (TPSA) is 136 Å². The molecule has 0 aliphatic heterocycles. The molecule has 3 amide bonds. The van der Waals surface area contributed by atoms with Gasteiger partial charge in [-0.3, -0.25) is 10.1 Å². The number of benzene rings is 2. The fourth-order valence-electron chi connectivity index (χ4n) is 4.75. The predicted molar refractivity (Wildman–Crippen MR) is 165 cm³/mol. The van der Waals surface area contributed by atoms with Crippen LogP contribution in [0.1, 0.15) is 73.5 Å². The Bertz CT molecular complexity index is 1600. The number of pyridine rings is 1. The minimum atomic E-state index is -0.894. The first kappa shape index (κ1) is 32.9. The van der Waals surface area contributed by atoms with Gasteiger partial charge in [0.25, 0.3) is 5.91 Å². The zero-order valence-electron chi connectivity index (χ0n) is 26.3. The zero-order valence-corrected chi connectivity index (χ0v) is 26.3. The Labute approximate surface area is 261 Å². The average molecular weight is 621 g/mol. The molecule has 1 aromatic heterocycles. The van der Waals surface area contributed by atoms with E-state index in [2.05, 4.69) is 20.4 Å². The predicted octanol–water partition coefficient (Wildman–Crippen LogP) is 6.64. The lowest BCUT2D eigenvalue weighted by Crippen LogP contribution is -2.47. The fourth-order valence-corrected chi connectivity index (χ4v) is 4.75. The third kappa shape index (κ3) is 8.55. The van der Waals surface area contributed by atoms with Crippen molar-refractivity contribution >= 4 is 41.3 Å². The van der Waals surface area contributed by atoms with Crippen molar-refractivity contribution in [3.63, 3.8) is 0 Å². The molecule has 0 unspecified atom stereocenters. The summed E-state index contributed by atoms with van der Waals surface area (Å²) < 4.78 is 30.6. The summed E-state index contributed by atoms with van der Waals surface area (Å²) in [4.78, 5) is 57.6. The second-order valence-electron chi connectivity index (χ2n) is 12.6. The molecular weight excluding hydrogens is 583 g/mol. The molecule has 12 heteroatoms. The van der Waals surface area contributed by atoms with Crippen LogP contribution in [-0.2, 0) is 27.1 Å². The van der Waals surface area contributed by atoms with Gasteiger partial charge >= 0.3 is 18.2 Å².